The van der Waals surface area contributed by atoms with Gasteiger partial charge < -0.3 is 4.74 Å². The molecular formula is C10H18F4N2O. The highest BCUT2D eigenvalue weighted by atomic mass is 19.3. The summed E-state index contributed by atoms with van der Waals surface area (Å²) in [5.74, 6) is 1.49. The molecular weight excluding hydrogens is 240 g/mol. The van der Waals surface area contributed by atoms with Crippen LogP contribution in [-0.4, -0.2) is 31.6 Å². The molecule has 1 fully saturated rings. The van der Waals surface area contributed by atoms with Crippen LogP contribution in [0.3, 0.4) is 0 Å². The van der Waals surface area contributed by atoms with Crippen molar-refractivity contribution in [3.8, 4) is 0 Å². The van der Waals surface area contributed by atoms with Gasteiger partial charge in [-0.3, -0.25) is 11.3 Å². The summed E-state index contributed by atoms with van der Waals surface area (Å²) in [5, 5.41) is 0. The average molecular weight is 258 g/mol. The summed E-state index contributed by atoms with van der Waals surface area (Å²) in [7, 11) is 0. The van der Waals surface area contributed by atoms with Gasteiger partial charge >= 0.3 is 12.3 Å². The number of ether oxygens (including phenoxy) is 1. The standard InChI is InChI=1S/C10H18F4N2O/c11-9(12)10(13,14)6-17-5-8(16-15)7-3-1-2-4-7/h7-9,16H,1-6,15H2. The molecule has 1 aliphatic carbocycles. The molecule has 0 aromatic heterocycles. The van der Waals surface area contributed by atoms with Crippen molar-refractivity contribution < 1.29 is 22.3 Å². The fourth-order valence-corrected chi connectivity index (χ4v) is 2.07. The van der Waals surface area contributed by atoms with Crippen LogP contribution in [0.5, 0.6) is 0 Å². The van der Waals surface area contributed by atoms with E-state index in [4.69, 9.17) is 5.84 Å². The monoisotopic (exact) mass is 258 g/mol. The lowest BCUT2D eigenvalue weighted by Crippen LogP contribution is -2.44. The summed E-state index contributed by atoms with van der Waals surface area (Å²) >= 11 is 0. The van der Waals surface area contributed by atoms with Crippen molar-refractivity contribution in [2.75, 3.05) is 13.2 Å². The van der Waals surface area contributed by atoms with Crippen LogP contribution in [-0.2, 0) is 4.74 Å². The molecule has 3 N–H and O–H groups in total. The number of hydrogen-bond donors (Lipinski definition) is 2. The second kappa shape index (κ2) is 6.51. The van der Waals surface area contributed by atoms with Gasteiger partial charge in [-0.05, 0) is 18.8 Å². The maximum Gasteiger partial charge on any atom is 0.330 e. The predicted molar refractivity (Wildman–Crippen MR) is 54.8 cm³/mol. The van der Waals surface area contributed by atoms with Crippen LogP contribution in [0.25, 0.3) is 0 Å². The first-order valence-corrected chi connectivity index (χ1v) is 5.67. The molecule has 1 saturated carbocycles. The highest BCUT2D eigenvalue weighted by molar-refractivity contribution is 4.79. The quantitative estimate of drug-likeness (QED) is 0.417. The van der Waals surface area contributed by atoms with E-state index in [0.29, 0.717) is 0 Å². The zero-order chi connectivity index (χ0) is 12.9. The second-order valence-electron chi connectivity index (χ2n) is 4.39. The molecule has 1 atom stereocenters. The van der Waals surface area contributed by atoms with E-state index in [1.54, 1.807) is 0 Å². The molecule has 17 heavy (non-hydrogen) atoms. The fraction of sp³-hybridized carbons (Fsp3) is 1.00. The van der Waals surface area contributed by atoms with Crippen LogP contribution in [0.1, 0.15) is 25.7 Å². The van der Waals surface area contributed by atoms with E-state index in [0.717, 1.165) is 25.7 Å². The van der Waals surface area contributed by atoms with Crippen molar-refractivity contribution in [3.63, 3.8) is 0 Å². The van der Waals surface area contributed by atoms with Crippen LogP contribution in [0.2, 0.25) is 0 Å². The first kappa shape index (κ1) is 14.7. The summed E-state index contributed by atoms with van der Waals surface area (Å²) in [6, 6.07) is -0.244. The number of nitrogens with two attached hydrogens (primary N) is 1. The average Bonchev–Trinajstić information content (AvgIpc) is 2.77. The minimum atomic E-state index is -4.09. The molecule has 102 valence electrons. The molecule has 1 rings (SSSR count). The SMILES string of the molecule is NNC(COCC(F)(F)C(F)F)C1CCCC1. The van der Waals surface area contributed by atoms with Crippen LogP contribution < -0.4 is 11.3 Å². The topological polar surface area (TPSA) is 47.3 Å². The van der Waals surface area contributed by atoms with E-state index in [1.165, 1.54) is 0 Å². The molecule has 0 aliphatic heterocycles. The lowest BCUT2D eigenvalue weighted by atomic mass is 9.99. The Kier molecular flexibility index (Phi) is 5.61. The largest absolute Gasteiger partial charge is 0.373 e. The molecule has 0 saturated heterocycles. The maximum atomic E-state index is 12.6. The Bertz CT molecular complexity index is 222. The first-order chi connectivity index (χ1) is 7.97. The Morgan fingerprint density at radius 1 is 1.29 bits per heavy atom. The molecule has 0 bridgehead atoms. The van der Waals surface area contributed by atoms with Gasteiger partial charge in [0.05, 0.1) is 6.61 Å². The first-order valence-electron chi connectivity index (χ1n) is 5.67. The fourth-order valence-electron chi connectivity index (χ4n) is 2.07. The number of alkyl halides is 4. The molecule has 1 unspecified atom stereocenters. The van der Waals surface area contributed by atoms with Crippen LogP contribution in [0, 0.1) is 5.92 Å². The van der Waals surface area contributed by atoms with Gasteiger partial charge in [-0.2, -0.15) is 8.78 Å². The van der Waals surface area contributed by atoms with Gasteiger partial charge in [0.2, 0.25) is 0 Å². The number of rotatable bonds is 7. The van der Waals surface area contributed by atoms with E-state index in [1.807, 2.05) is 0 Å². The normalized spacial score (nSPS) is 20.1. The third-order valence-corrected chi connectivity index (χ3v) is 3.09. The van der Waals surface area contributed by atoms with Gasteiger partial charge in [0, 0.05) is 6.04 Å². The maximum absolute atomic E-state index is 12.6. The summed E-state index contributed by atoms with van der Waals surface area (Å²) in [6.45, 7) is -1.33. The molecule has 0 aromatic rings. The van der Waals surface area contributed by atoms with Crippen molar-refractivity contribution in [3.05, 3.63) is 0 Å². The molecule has 3 nitrogen and oxygen atoms in total. The molecule has 7 heteroatoms. The van der Waals surface area contributed by atoms with Gasteiger partial charge in [0.15, 0.2) is 0 Å². The Morgan fingerprint density at radius 2 is 1.88 bits per heavy atom. The van der Waals surface area contributed by atoms with E-state index < -0.39 is 19.0 Å². The number of halogens is 4. The summed E-state index contributed by atoms with van der Waals surface area (Å²) in [5.41, 5.74) is 2.50. The third-order valence-electron chi connectivity index (χ3n) is 3.09. The smallest absolute Gasteiger partial charge is 0.330 e. The minimum Gasteiger partial charge on any atom is -0.373 e. The predicted octanol–water partition coefficient (Wildman–Crippen LogP) is 1.93. The molecule has 0 amide bonds. The molecule has 0 heterocycles. The van der Waals surface area contributed by atoms with E-state index in [9.17, 15) is 17.6 Å². The Labute approximate surface area is 97.7 Å². The van der Waals surface area contributed by atoms with Gasteiger partial charge in [-0.25, -0.2) is 8.78 Å². The van der Waals surface area contributed by atoms with Crippen molar-refractivity contribution in [2.24, 2.45) is 11.8 Å². The van der Waals surface area contributed by atoms with Gasteiger partial charge in [0.1, 0.15) is 6.61 Å². The number of nitrogens with one attached hydrogen (secondary N) is 1. The molecule has 0 radical (unpaired) electrons. The summed E-state index contributed by atoms with van der Waals surface area (Å²) < 4.78 is 53.5. The lowest BCUT2D eigenvalue weighted by Gasteiger charge is -2.23. The second-order valence-corrected chi connectivity index (χ2v) is 4.39. The zero-order valence-corrected chi connectivity index (χ0v) is 9.47. The van der Waals surface area contributed by atoms with Gasteiger partial charge in [-0.15, -0.1) is 0 Å². The van der Waals surface area contributed by atoms with E-state index >= 15 is 0 Å². The highest BCUT2D eigenvalue weighted by Gasteiger charge is 2.41. The summed E-state index contributed by atoms with van der Waals surface area (Å²) in [6.07, 6.45) is 0.386. The van der Waals surface area contributed by atoms with Crippen LogP contribution in [0.15, 0.2) is 0 Å². The Hall–Kier alpha value is -0.400. The molecule has 0 aromatic carbocycles. The van der Waals surface area contributed by atoms with Crippen LogP contribution >= 0.6 is 0 Å². The van der Waals surface area contributed by atoms with E-state index in [2.05, 4.69) is 10.2 Å². The highest BCUT2D eigenvalue weighted by Crippen LogP contribution is 2.28. The van der Waals surface area contributed by atoms with Crippen molar-refractivity contribution >= 4 is 0 Å². The lowest BCUT2D eigenvalue weighted by molar-refractivity contribution is -0.167. The van der Waals surface area contributed by atoms with Crippen molar-refractivity contribution in [1.82, 2.24) is 5.43 Å². The number of hydrazine groups is 1. The Morgan fingerprint density at radius 3 is 2.35 bits per heavy atom. The molecule has 0 spiro atoms. The van der Waals surface area contributed by atoms with Crippen LogP contribution in [0.4, 0.5) is 17.6 Å². The summed E-state index contributed by atoms with van der Waals surface area (Å²) in [4.78, 5) is 0. The number of hydrogen-bond acceptors (Lipinski definition) is 3. The van der Waals surface area contributed by atoms with E-state index in [-0.39, 0.29) is 18.6 Å². The zero-order valence-electron chi connectivity index (χ0n) is 9.47. The van der Waals surface area contributed by atoms with Crippen molar-refractivity contribution in [2.45, 2.75) is 44.1 Å². The van der Waals surface area contributed by atoms with Gasteiger partial charge in [0.25, 0.3) is 0 Å². The van der Waals surface area contributed by atoms with Gasteiger partial charge in [-0.1, -0.05) is 12.8 Å². The Balaban J connectivity index is 2.28. The van der Waals surface area contributed by atoms with Crippen molar-refractivity contribution in [1.29, 1.82) is 0 Å². The third kappa shape index (κ3) is 4.40. The molecule has 1 aliphatic rings. The minimum absolute atomic E-state index is 0.0660.